The predicted octanol–water partition coefficient (Wildman–Crippen LogP) is 5.12. The molecule has 0 saturated carbocycles. The van der Waals surface area contributed by atoms with Crippen molar-refractivity contribution in [1.82, 2.24) is 5.32 Å². The molecule has 0 aliphatic carbocycles. The van der Waals surface area contributed by atoms with Crippen molar-refractivity contribution < 1.29 is 9.90 Å². The van der Waals surface area contributed by atoms with E-state index >= 15 is 0 Å². The molecule has 0 amide bonds. The second kappa shape index (κ2) is 20.7. The van der Waals surface area contributed by atoms with Gasteiger partial charge in [0.25, 0.3) is 0 Å². The normalized spacial score (nSPS) is 13.4. The van der Waals surface area contributed by atoms with Gasteiger partial charge in [-0.15, -0.1) is 0 Å². The fourth-order valence-electron chi connectivity index (χ4n) is 3.55. The number of nitrogens with zero attached hydrogens (tertiary/aromatic N) is 1. The minimum absolute atomic E-state index is 0.0523. The number of guanidine groups is 1. The quantitative estimate of drug-likeness (QED) is 0.0884. The molecule has 0 bridgehead atoms. The summed E-state index contributed by atoms with van der Waals surface area (Å²) in [6, 6.07) is -0.336. The van der Waals surface area contributed by atoms with Gasteiger partial charge in [0.2, 0.25) is 0 Å². The van der Waals surface area contributed by atoms with Gasteiger partial charge in [-0.1, -0.05) is 70.4 Å². The lowest BCUT2D eigenvalue weighted by Gasteiger charge is -2.20. The van der Waals surface area contributed by atoms with Gasteiger partial charge >= 0.3 is 5.97 Å². The molecular weight excluding hydrogens is 376 g/mol. The maximum Gasteiger partial charge on any atom is 0.320 e. The highest BCUT2D eigenvalue weighted by Gasteiger charge is 2.18. The lowest BCUT2D eigenvalue weighted by molar-refractivity contribution is -0.139. The lowest BCUT2D eigenvalue weighted by Crippen LogP contribution is -2.42. The molecule has 6 heteroatoms. The van der Waals surface area contributed by atoms with Crippen molar-refractivity contribution in [2.75, 3.05) is 6.54 Å². The van der Waals surface area contributed by atoms with Crippen molar-refractivity contribution in [3.63, 3.8) is 0 Å². The molecule has 0 saturated heterocycles. The van der Waals surface area contributed by atoms with Crippen LogP contribution in [0.25, 0.3) is 0 Å². The number of nitrogens with two attached hydrogens (primary N) is 2. The Labute approximate surface area is 185 Å². The zero-order chi connectivity index (χ0) is 22.5. The summed E-state index contributed by atoms with van der Waals surface area (Å²) in [5, 5.41) is 12.6. The number of carboxylic acid groups (broad SMARTS) is 1. The van der Waals surface area contributed by atoms with E-state index in [0.717, 1.165) is 12.8 Å². The van der Waals surface area contributed by atoms with E-state index < -0.39 is 12.0 Å². The predicted molar refractivity (Wildman–Crippen MR) is 129 cm³/mol. The maximum atomic E-state index is 11.4. The van der Waals surface area contributed by atoms with E-state index in [4.69, 9.17) is 11.5 Å². The van der Waals surface area contributed by atoms with Crippen LogP contribution in [0.5, 0.6) is 0 Å². The van der Waals surface area contributed by atoms with Gasteiger partial charge in [-0.2, -0.15) is 0 Å². The Bertz CT molecular complexity index is 462. The van der Waals surface area contributed by atoms with Gasteiger partial charge < -0.3 is 21.9 Å². The van der Waals surface area contributed by atoms with Crippen LogP contribution < -0.4 is 16.8 Å². The number of hydrogen-bond acceptors (Lipinski definition) is 3. The molecule has 0 rings (SSSR count). The molecule has 6 N–H and O–H groups in total. The highest BCUT2D eigenvalue weighted by Crippen LogP contribution is 2.11. The van der Waals surface area contributed by atoms with Crippen LogP contribution in [0.3, 0.4) is 0 Å². The number of carbonyl (C=O) groups is 1. The van der Waals surface area contributed by atoms with Gasteiger partial charge in [0, 0.05) is 12.6 Å². The van der Waals surface area contributed by atoms with Crippen LogP contribution in [0.1, 0.15) is 110 Å². The topological polar surface area (TPSA) is 114 Å². The number of carboxylic acids is 1. The Balaban J connectivity index is 3.64. The summed E-state index contributed by atoms with van der Waals surface area (Å²) in [4.78, 5) is 15.3. The summed E-state index contributed by atoms with van der Waals surface area (Å²) < 4.78 is 0. The van der Waals surface area contributed by atoms with Crippen LogP contribution in [0.2, 0.25) is 0 Å². The van der Waals surface area contributed by atoms with Crippen molar-refractivity contribution in [3.05, 3.63) is 12.2 Å². The van der Waals surface area contributed by atoms with E-state index in [-0.39, 0.29) is 12.0 Å². The first-order valence-corrected chi connectivity index (χ1v) is 12.2. The minimum Gasteiger partial charge on any atom is -0.480 e. The van der Waals surface area contributed by atoms with Crippen molar-refractivity contribution >= 4 is 11.9 Å². The number of hydrogen-bond donors (Lipinski definition) is 4. The largest absolute Gasteiger partial charge is 0.480 e. The zero-order valence-electron chi connectivity index (χ0n) is 19.6. The van der Waals surface area contributed by atoms with E-state index in [1.807, 2.05) is 0 Å². The van der Waals surface area contributed by atoms with E-state index in [1.165, 1.54) is 70.6 Å². The van der Waals surface area contributed by atoms with Crippen molar-refractivity contribution in [3.8, 4) is 0 Å². The van der Waals surface area contributed by atoms with Gasteiger partial charge in [0.1, 0.15) is 6.04 Å². The third kappa shape index (κ3) is 19.7. The summed E-state index contributed by atoms with van der Waals surface area (Å²) in [6.07, 6.45) is 22.3. The number of nitrogens with one attached hydrogen (secondary N) is 1. The Morgan fingerprint density at radius 2 is 1.47 bits per heavy atom. The molecule has 0 aromatic rings. The van der Waals surface area contributed by atoms with Gasteiger partial charge in [-0.3, -0.25) is 9.79 Å². The van der Waals surface area contributed by atoms with Crippen LogP contribution in [0.15, 0.2) is 17.1 Å². The molecule has 6 nitrogen and oxygen atoms in total. The van der Waals surface area contributed by atoms with Gasteiger partial charge in [-0.25, -0.2) is 0 Å². The Morgan fingerprint density at radius 3 is 2.03 bits per heavy atom. The molecule has 0 spiro atoms. The molecule has 0 radical (unpaired) electrons. The van der Waals surface area contributed by atoms with E-state index in [9.17, 15) is 9.90 Å². The lowest BCUT2D eigenvalue weighted by atomic mass is 10.0. The molecule has 30 heavy (non-hydrogen) atoms. The summed E-state index contributed by atoms with van der Waals surface area (Å²) in [5.41, 5.74) is 10.6. The second-order valence-corrected chi connectivity index (χ2v) is 8.43. The first-order chi connectivity index (χ1) is 14.5. The van der Waals surface area contributed by atoms with Crippen molar-refractivity contribution in [1.29, 1.82) is 0 Å². The fraction of sp³-hybridized carbons (Fsp3) is 0.833. The van der Waals surface area contributed by atoms with Crippen LogP contribution in [-0.2, 0) is 4.79 Å². The monoisotopic (exact) mass is 424 g/mol. The van der Waals surface area contributed by atoms with E-state index in [2.05, 4.69) is 36.3 Å². The van der Waals surface area contributed by atoms with Gasteiger partial charge in [-0.05, 0) is 51.9 Å². The number of aliphatic carboxylic acids is 1. The molecule has 0 aromatic carbocycles. The minimum atomic E-state index is -0.806. The Kier molecular flexibility index (Phi) is 19.6. The average Bonchev–Trinajstić information content (AvgIpc) is 2.70. The number of allylic oxidation sites excluding steroid dienone is 2. The Morgan fingerprint density at radius 1 is 0.900 bits per heavy atom. The molecule has 0 fully saturated rings. The second-order valence-electron chi connectivity index (χ2n) is 8.43. The van der Waals surface area contributed by atoms with Crippen molar-refractivity contribution in [2.45, 2.75) is 122 Å². The summed E-state index contributed by atoms with van der Waals surface area (Å²) >= 11 is 0. The molecule has 1 unspecified atom stereocenters. The fourth-order valence-corrected chi connectivity index (χ4v) is 3.55. The third-order valence-electron chi connectivity index (χ3n) is 5.38. The molecule has 0 aliphatic heterocycles. The van der Waals surface area contributed by atoms with E-state index in [0.29, 0.717) is 19.4 Å². The highest BCUT2D eigenvalue weighted by molar-refractivity contribution is 5.75. The smallest absolute Gasteiger partial charge is 0.320 e. The zero-order valence-corrected chi connectivity index (χ0v) is 19.6. The number of unbranched alkanes of at least 4 members (excludes halogenated alkanes) is 10. The SMILES string of the molecule is CCCCCCCCC=CCCCCCCC(C)N[C@@H](CCCN=C(N)N)C(=O)O. The molecule has 176 valence electrons. The number of rotatable bonds is 21. The standard InChI is InChI=1S/C24H48N4O2/c1-3-4-5-6-7-8-9-10-11-12-13-14-15-16-18-21(2)28-22(23(29)30)19-17-20-27-24(25)26/h10-11,21-22,28H,3-9,12-20H2,1-2H3,(H,29,30)(H4,25,26,27)/t21?,22-/m0/s1. The Hall–Kier alpha value is -1.56. The summed E-state index contributed by atoms with van der Waals surface area (Å²) in [5.74, 6) is -0.754. The molecule has 0 aliphatic rings. The highest BCUT2D eigenvalue weighted by atomic mass is 16.4. The first kappa shape index (κ1) is 28.4. The van der Waals surface area contributed by atoms with Crippen LogP contribution in [-0.4, -0.2) is 35.7 Å². The van der Waals surface area contributed by atoms with Crippen LogP contribution in [0.4, 0.5) is 0 Å². The van der Waals surface area contributed by atoms with E-state index in [1.54, 1.807) is 0 Å². The first-order valence-electron chi connectivity index (χ1n) is 12.2. The number of aliphatic imine (C=N–C) groups is 1. The molecule has 2 atom stereocenters. The molecular formula is C24H48N4O2. The molecule has 0 heterocycles. The third-order valence-corrected chi connectivity index (χ3v) is 5.38. The molecule has 0 aromatic heterocycles. The van der Waals surface area contributed by atoms with Gasteiger partial charge in [0.05, 0.1) is 0 Å². The van der Waals surface area contributed by atoms with Crippen molar-refractivity contribution in [2.24, 2.45) is 16.5 Å². The van der Waals surface area contributed by atoms with Crippen LogP contribution >= 0.6 is 0 Å². The summed E-state index contributed by atoms with van der Waals surface area (Å²) in [6.45, 7) is 4.79. The average molecular weight is 425 g/mol. The maximum absolute atomic E-state index is 11.4. The van der Waals surface area contributed by atoms with Gasteiger partial charge in [0.15, 0.2) is 5.96 Å². The van der Waals surface area contributed by atoms with Crippen LogP contribution in [0, 0.1) is 0 Å². The summed E-state index contributed by atoms with van der Waals surface area (Å²) in [7, 11) is 0.